The summed E-state index contributed by atoms with van der Waals surface area (Å²) in [7, 11) is 1.72. The maximum Gasteiger partial charge on any atom is 0.255 e. The van der Waals surface area contributed by atoms with Crippen LogP contribution in [0.15, 0.2) is 24.0 Å². The fourth-order valence-corrected chi connectivity index (χ4v) is 3.04. The summed E-state index contributed by atoms with van der Waals surface area (Å²) < 4.78 is 5.46. The monoisotopic (exact) mass is 317 g/mol. The van der Waals surface area contributed by atoms with Crippen LogP contribution in [-0.4, -0.2) is 30.8 Å². The van der Waals surface area contributed by atoms with Crippen molar-refractivity contribution in [2.45, 2.75) is 52.1 Å². The maximum atomic E-state index is 12.6. The van der Waals surface area contributed by atoms with Gasteiger partial charge in [-0.1, -0.05) is 23.8 Å². The van der Waals surface area contributed by atoms with Gasteiger partial charge in [-0.25, -0.2) is 0 Å². The van der Waals surface area contributed by atoms with Crippen molar-refractivity contribution < 1.29 is 14.6 Å². The zero-order valence-electron chi connectivity index (χ0n) is 14.3. The largest absolute Gasteiger partial charge is 0.511 e. The summed E-state index contributed by atoms with van der Waals surface area (Å²) in [6, 6.07) is 5.98. The standard InChI is InChI=1S/C19H27NO3/c1-13-9-10-14(2)16(12-13)18-17(21)8-4-6-15(23-3)7-5-11-20-19(18)22/h9-10,12,15,21H,4-8,11H2,1-3H3,(H,20,22)/b18-17+. The first-order valence-electron chi connectivity index (χ1n) is 8.33. The van der Waals surface area contributed by atoms with Crippen molar-refractivity contribution in [3.63, 3.8) is 0 Å². The second kappa shape index (κ2) is 8.16. The molecule has 0 aliphatic carbocycles. The van der Waals surface area contributed by atoms with Crippen molar-refractivity contribution >= 4 is 11.5 Å². The molecule has 0 spiro atoms. The lowest BCUT2D eigenvalue weighted by Gasteiger charge is -2.14. The van der Waals surface area contributed by atoms with Crippen LogP contribution >= 0.6 is 0 Å². The molecule has 0 saturated heterocycles. The SMILES string of the molecule is COC1CCCNC(=O)/C(c2cc(C)ccc2C)=C(/O)CCC1. The predicted octanol–water partition coefficient (Wildman–Crippen LogP) is 3.67. The van der Waals surface area contributed by atoms with E-state index in [1.807, 2.05) is 32.0 Å². The minimum absolute atomic E-state index is 0.174. The molecule has 1 aromatic rings. The van der Waals surface area contributed by atoms with Crippen LogP contribution in [0, 0.1) is 13.8 Å². The van der Waals surface area contributed by atoms with Crippen LogP contribution < -0.4 is 5.32 Å². The van der Waals surface area contributed by atoms with Crippen molar-refractivity contribution in [2.24, 2.45) is 0 Å². The number of hydrogen-bond acceptors (Lipinski definition) is 3. The molecule has 4 nitrogen and oxygen atoms in total. The first-order chi connectivity index (χ1) is 11.0. The Morgan fingerprint density at radius 2 is 1.96 bits per heavy atom. The number of benzene rings is 1. The van der Waals surface area contributed by atoms with E-state index < -0.39 is 0 Å². The molecule has 23 heavy (non-hydrogen) atoms. The van der Waals surface area contributed by atoms with Crippen molar-refractivity contribution in [3.8, 4) is 0 Å². The number of carbonyl (C=O) groups excluding carboxylic acids is 1. The number of hydrogen-bond donors (Lipinski definition) is 2. The number of nitrogens with one attached hydrogen (secondary N) is 1. The summed E-state index contributed by atoms with van der Waals surface area (Å²) in [5.74, 6) is -0.0139. The van der Waals surface area contributed by atoms with Crippen LogP contribution in [0.5, 0.6) is 0 Å². The fraction of sp³-hybridized carbons (Fsp3) is 0.526. The van der Waals surface area contributed by atoms with Gasteiger partial charge in [0.1, 0.15) is 5.76 Å². The maximum absolute atomic E-state index is 12.6. The molecule has 1 atom stereocenters. The molecule has 1 amide bonds. The van der Waals surface area contributed by atoms with Crippen LogP contribution in [0.4, 0.5) is 0 Å². The second-order valence-electron chi connectivity index (χ2n) is 6.29. The molecule has 0 fully saturated rings. The molecule has 2 rings (SSSR count). The van der Waals surface area contributed by atoms with E-state index in [4.69, 9.17) is 4.74 Å². The molecule has 126 valence electrons. The minimum Gasteiger partial charge on any atom is -0.511 e. The molecule has 0 aromatic heterocycles. The van der Waals surface area contributed by atoms with Crippen LogP contribution in [0.2, 0.25) is 0 Å². The van der Waals surface area contributed by atoms with Gasteiger partial charge in [-0.05, 0) is 50.7 Å². The van der Waals surface area contributed by atoms with Gasteiger partial charge in [-0.15, -0.1) is 0 Å². The Bertz CT molecular complexity index is 592. The molecular formula is C19H27NO3. The lowest BCUT2D eigenvalue weighted by atomic mass is 9.95. The van der Waals surface area contributed by atoms with Gasteiger partial charge in [0, 0.05) is 20.1 Å². The van der Waals surface area contributed by atoms with Gasteiger partial charge in [-0.3, -0.25) is 4.79 Å². The van der Waals surface area contributed by atoms with Gasteiger partial charge < -0.3 is 15.2 Å². The Labute approximate surface area is 138 Å². The molecule has 1 unspecified atom stereocenters. The van der Waals surface area contributed by atoms with Gasteiger partial charge in [0.15, 0.2) is 0 Å². The smallest absolute Gasteiger partial charge is 0.255 e. The Morgan fingerprint density at radius 3 is 2.70 bits per heavy atom. The first kappa shape index (κ1) is 17.5. The summed E-state index contributed by atoms with van der Waals surface area (Å²) in [6.45, 7) is 4.56. The average molecular weight is 317 g/mol. The van der Waals surface area contributed by atoms with Crippen molar-refractivity contribution in [1.29, 1.82) is 0 Å². The van der Waals surface area contributed by atoms with Gasteiger partial charge in [0.25, 0.3) is 5.91 Å². The van der Waals surface area contributed by atoms with Crippen molar-refractivity contribution in [3.05, 3.63) is 40.6 Å². The third-order valence-electron chi connectivity index (χ3n) is 4.44. The predicted molar refractivity (Wildman–Crippen MR) is 92.4 cm³/mol. The second-order valence-corrected chi connectivity index (χ2v) is 6.29. The van der Waals surface area contributed by atoms with Crippen LogP contribution in [0.25, 0.3) is 5.57 Å². The molecule has 4 heteroatoms. The van der Waals surface area contributed by atoms with E-state index in [1.54, 1.807) is 7.11 Å². The van der Waals surface area contributed by atoms with E-state index >= 15 is 0 Å². The fourth-order valence-electron chi connectivity index (χ4n) is 3.04. The topological polar surface area (TPSA) is 58.6 Å². The number of aryl methyl sites for hydroxylation is 2. The normalized spacial score (nSPS) is 24.0. The van der Waals surface area contributed by atoms with E-state index in [2.05, 4.69) is 5.32 Å². The Morgan fingerprint density at radius 1 is 1.22 bits per heavy atom. The number of aliphatic hydroxyl groups is 1. The van der Waals surface area contributed by atoms with Gasteiger partial charge in [0.2, 0.25) is 0 Å². The summed E-state index contributed by atoms with van der Waals surface area (Å²) in [6.07, 6.45) is 4.21. The molecule has 1 heterocycles. The summed E-state index contributed by atoms with van der Waals surface area (Å²) in [5, 5.41) is 13.5. The first-order valence-corrected chi connectivity index (χ1v) is 8.33. The number of aliphatic hydroxyl groups excluding tert-OH is 1. The molecular weight excluding hydrogens is 290 g/mol. The number of allylic oxidation sites excluding steroid dienone is 1. The molecule has 0 saturated carbocycles. The van der Waals surface area contributed by atoms with Crippen LogP contribution in [-0.2, 0) is 9.53 Å². The van der Waals surface area contributed by atoms with E-state index in [-0.39, 0.29) is 17.8 Å². The molecule has 1 aromatic carbocycles. The highest BCUT2D eigenvalue weighted by Crippen LogP contribution is 2.26. The molecule has 1 aliphatic heterocycles. The highest BCUT2D eigenvalue weighted by Gasteiger charge is 2.20. The lowest BCUT2D eigenvalue weighted by Crippen LogP contribution is -2.27. The number of amides is 1. The zero-order chi connectivity index (χ0) is 16.8. The zero-order valence-corrected chi connectivity index (χ0v) is 14.3. The average Bonchev–Trinajstić information content (AvgIpc) is 2.55. The third-order valence-corrected chi connectivity index (χ3v) is 4.44. The summed E-state index contributed by atoms with van der Waals surface area (Å²) in [4.78, 5) is 12.6. The van der Waals surface area contributed by atoms with E-state index in [0.29, 0.717) is 18.5 Å². The van der Waals surface area contributed by atoms with Gasteiger partial charge >= 0.3 is 0 Å². The number of ether oxygens (including phenoxy) is 1. The van der Waals surface area contributed by atoms with Crippen LogP contribution in [0.1, 0.15) is 48.8 Å². The van der Waals surface area contributed by atoms with Crippen molar-refractivity contribution in [1.82, 2.24) is 5.32 Å². The number of methoxy groups -OCH3 is 1. The van der Waals surface area contributed by atoms with Crippen LogP contribution in [0.3, 0.4) is 0 Å². The van der Waals surface area contributed by atoms with Gasteiger partial charge in [-0.2, -0.15) is 0 Å². The Balaban J connectivity index is 2.35. The van der Waals surface area contributed by atoms with E-state index in [0.717, 1.165) is 42.4 Å². The summed E-state index contributed by atoms with van der Waals surface area (Å²) in [5.41, 5.74) is 3.31. The minimum atomic E-state index is -0.188. The molecule has 1 aliphatic rings. The highest BCUT2D eigenvalue weighted by molar-refractivity contribution is 6.20. The quantitative estimate of drug-likeness (QED) is 0.875. The van der Waals surface area contributed by atoms with E-state index in [1.165, 1.54) is 0 Å². The molecule has 0 radical (unpaired) electrons. The summed E-state index contributed by atoms with van der Waals surface area (Å²) >= 11 is 0. The van der Waals surface area contributed by atoms with Crippen molar-refractivity contribution in [2.75, 3.05) is 13.7 Å². The third kappa shape index (κ3) is 4.58. The number of rotatable bonds is 2. The number of carbonyl (C=O) groups is 1. The highest BCUT2D eigenvalue weighted by atomic mass is 16.5. The Hall–Kier alpha value is -1.81. The lowest BCUT2D eigenvalue weighted by molar-refractivity contribution is -0.115. The molecule has 0 bridgehead atoms. The van der Waals surface area contributed by atoms with Gasteiger partial charge in [0.05, 0.1) is 11.7 Å². The Kier molecular flexibility index (Phi) is 6.22. The molecule has 2 N–H and O–H groups in total. The van der Waals surface area contributed by atoms with E-state index in [9.17, 15) is 9.90 Å².